The van der Waals surface area contributed by atoms with Gasteiger partial charge in [-0.3, -0.25) is 4.79 Å². The van der Waals surface area contributed by atoms with Gasteiger partial charge in [0.25, 0.3) is 5.91 Å². The number of benzene rings is 1. The topological polar surface area (TPSA) is 95.9 Å². The van der Waals surface area contributed by atoms with Crippen LogP contribution in [-0.2, 0) is 9.53 Å². The zero-order chi connectivity index (χ0) is 13.7. The lowest BCUT2D eigenvalue weighted by molar-refractivity contribution is -0.145. The number of methoxy groups -OCH3 is 1. The Hall–Kier alpha value is -2.08. The van der Waals surface area contributed by atoms with Gasteiger partial charge in [0.15, 0.2) is 6.04 Å². The molecular formula is C12H15NO5. The first-order chi connectivity index (χ1) is 8.45. The van der Waals surface area contributed by atoms with Crippen molar-refractivity contribution < 1.29 is 24.5 Å². The number of carbonyl (C=O) groups is 2. The van der Waals surface area contributed by atoms with E-state index >= 15 is 0 Å². The van der Waals surface area contributed by atoms with E-state index in [0.717, 1.165) is 0 Å². The van der Waals surface area contributed by atoms with E-state index in [-0.39, 0.29) is 11.3 Å². The molecule has 2 atom stereocenters. The minimum Gasteiger partial charge on any atom is -0.508 e. The highest BCUT2D eigenvalue weighted by atomic mass is 16.5. The van der Waals surface area contributed by atoms with Gasteiger partial charge in [-0.15, -0.1) is 0 Å². The summed E-state index contributed by atoms with van der Waals surface area (Å²) in [4.78, 5) is 23.1. The number of hydrogen-bond acceptors (Lipinski definition) is 5. The molecule has 0 bridgehead atoms. The van der Waals surface area contributed by atoms with Crippen LogP contribution in [0.5, 0.6) is 5.75 Å². The molecule has 0 fully saturated rings. The molecule has 0 aliphatic heterocycles. The lowest BCUT2D eigenvalue weighted by atomic mass is 10.1. The number of rotatable bonds is 4. The van der Waals surface area contributed by atoms with E-state index in [1.165, 1.54) is 38.3 Å². The van der Waals surface area contributed by atoms with Crippen LogP contribution in [0.15, 0.2) is 24.3 Å². The molecule has 0 aliphatic carbocycles. The number of esters is 1. The summed E-state index contributed by atoms with van der Waals surface area (Å²) < 4.78 is 4.48. The van der Waals surface area contributed by atoms with E-state index in [1.807, 2.05) is 0 Å². The van der Waals surface area contributed by atoms with Gasteiger partial charge in [-0.05, 0) is 31.2 Å². The molecule has 0 radical (unpaired) electrons. The van der Waals surface area contributed by atoms with Crippen LogP contribution in [0.3, 0.4) is 0 Å². The number of ether oxygens (including phenoxy) is 1. The lowest BCUT2D eigenvalue weighted by Crippen LogP contribution is -2.48. The predicted molar refractivity (Wildman–Crippen MR) is 63.1 cm³/mol. The minimum atomic E-state index is -1.13. The fraction of sp³-hybridized carbons (Fsp3) is 0.333. The number of nitrogens with one attached hydrogen (secondary N) is 1. The first kappa shape index (κ1) is 14.0. The Morgan fingerprint density at radius 1 is 1.28 bits per heavy atom. The molecule has 0 aliphatic rings. The molecule has 0 aromatic heterocycles. The average Bonchev–Trinajstić information content (AvgIpc) is 2.35. The standard InChI is InChI=1S/C12H15NO5/c1-7(14)10(12(17)18-2)13-11(16)8-3-5-9(15)6-4-8/h3-7,10,14-15H,1-2H3,(H,13,16)/t7-,10+/m1/s1. The number of aliphatic hydroxyl groups is 1. The molecule has 3 N–H and O–H groups in total. The van der Waals surface area contributed by atoms with Crippen LogP contribution in [0.1, 0.15) is 17.3 Å². The minimum absolute atomic E-state index is 0.0339. The molecular weight excluding hydrogens is 238 g/mol. The molecule has 0 spiro atoms. The summed E-state index contributed by atoms with van der Waals surface area (Å²) in [6.45, 7) is 1.37. The Balaban J connectivity index is 2.78. The monoisotopic (exact) mass is 253 g/mol. The molecule has 0 saturated heterocycles. The molecule has 18 heavy (non-hydrogen) atoms. The smallest absolute Gasteiger partial charge is 0.331 e. The van der Waals surface area contributed by atoms with Crippen molar-refractivity contribution in [3.05, 3.63) is 29.8 Å². The summed E-state index contributed by atoms with van der Waals surface area (Å²) in [7, 11) is 1.17. The van der Waals surface area contributed by atoms with Gasteiger partial charge in [-0.25, -0.2) is 4.79 Å². The molecule has 0 heterocycles. The molecule has 1 aromatic rings. The van der Waals surface area contributed by atoms with Gasteiger partial charge in [0.1, 0.15) is 5.75 Å². The van der Waals surface area contributed by atoms with Gasteiger partial charge in [-0.2, -0.15) is 0 Å². The summed E-state index contributed by atoms with van der Waals surface area (Å²) in [5, 5.41) is 20.8. The van der Waals surface area contributed by atoms with E-state index in [2.05, 4.69) is 10.1 Å². The zero-order valence-electron chi connectivity index (χ0n) is 10.1. The van der Waals surface area contributed by atoms with Crippen LogP contribution in [0.25, 0.3) is 0 Å². The summed E-state index contributed by atoms with van der Waals surface area (Å²) in [6.07, 6.45) is -1.07. The molecule has 6 heteroatoms. The third-order valence-electron chi connectivity index (χ3n) is 2.35. The van der Waals surface area contributed by atoms with Gasteiger partial charge in [-0.1, -0.05) is 0 Å². The van der Waals surface area contributed by atoms with Crippen molar-refractivity contribution in [3.63, 3.8) is 0 Å². The second-order valence-corrected chi connectivity index (χ2v) is 3.76. The Labute approximate surface area is 104 Å². The molecule has 98 valence electrons. The molecule has 1 amide bonds. The van der Waals surface area contributed by atoms with E-state index in [1.54, 1.807) is 0 Å². The number of phenolic OH excluding ortho intramolecular Hbond substituents is 1. The summed E-state index contributed by atoms with van der Waals surface area (Å²) in [5.41, 5.74) is 0.266. The Bertz CT molecular complexity index is 427. The first-order valence-electron chi connectivity index (χ1n) is 5.31. The van der Waals surface area contributed by atoms with Crippen LogP contribution >= 0.6 is 0 Å². The van der Waals surface area contributed by atoms with Crippen LogP contribution in [0.2, 0.25) is 0 Å². The lowest BCUT2D eigenvalue weighted by Gasteiger charge is -2.18. The Morgan fingerprint density at radius 2 is 1.83 bits per heavy atom. The maximum absolute atomic E-state index is 11.8. The molecule has 0 unspecified atom stereocenters. The largest absolute Gasteiger partial charge is 0.508 e. The fourth-order valence-electron chi connectivity index (χ4n) is 1.34. The maximum atomic E-state index is 11.8. The van der Waals surface area contributed by atoms with Crippen LogP contribution < -0.4 is 5.32 Å². The third kappa shape index (κ3) is 3.46. The average molecular weight is 253 g/mol. The van der Waals surface area contributed by atoms with Gasteiger partial charge in [0.2, 0.25) is 0 Å². The first-order valence-corrected chi connectivity index (χ1v) is 5.31. The summed E-state index contributed by atoms with van der Waals surface area (Å²) in [5.74, 6) is -1.23. The summed E-state index contributed by atoms with van der Waals surface area (Å²) in [6, 6.07) is 4.38. The number of hydrogen-bond donors (Lipinski definition) is 3. The van der Waals surface area contributed by atoms with Gasteiger partial charge in [0.05, 0.1) is 13.2 Å². The highest BCUT2D eigenvalue weighted by Gasteiger charge is 2.26. The number of carbonyl (C=O) groups excluding carboxylic acids is 2. The highest BCUT2D eigenvalue weighted by molar-refractivity contribution is 5.97. The summed E-state index contributed by atoms with van der Waals surface area (Å²) >= 11 is 0. The van der Waals surface area contributed by atoms with Crippen molar-refractivity contribution in [3.8, 4) is 5.75 Å². The van der Waals surface area contributed by atoms with Crippen LogP contribution in [-0.4, -0.2) is 41.3 Å². The van der Waals surface area contributed by atoms with Gasteiger partial charge in [0, 0.05) is 5.56 Å². The second kappa shape index (κ2) is 6.02. The molecule has 0 saturated carbocycles. The second-order valence-electron chi connectivity index (χ2n) is 3.76. The SMILES string of the molecule is COC(=O)[C@@H](NC(=O)c1ccc(O)cc1)[C@@H](C)O. The third-order valence-corrected chi connectivity index (χ3v) is 2.35. The van der Waals surface area contributed by atoms with Gasteiger partial charge >= 0.3 is 5.97 Å². The molecule has 6 nitrogen and oxygen atoms in total. The number of amides is 1. The molecule has 1 rings (SSSR count). The maximum Gasteiger partial charge on any atom is 0.331 e. The van der Waals surface area contributed by atoms with Crippen molar-refractivity contribution in [2.24, 2.45) is 0 Å². The zero-order valence-corrected chi connectivity index (χ0v) is 10.1. The quantitative estimate of drug-likeness (QED) is 0.659. The van der Waals surface area contributed by atoms with Crippen molar-refractivity contribution in [1.82, 2.24) is 5.32 Å². The fourth-order valence-corrected chi connectivity index (χ4v) is 1.34. The highest BCUT2D eigenvalue weighted by Crippen LogP contribution is 2.10. The van der Waals surface area contributed by atoms with E-state index < -0.39 is 24.0 Å². The van der Waals surface area contributed by atoms with Crippen molar-refractivity contribution in [2.75, 3.05) is 7.11 Å². The van der Waals surface area contributed by atoms with Crippen molar-refractivity contribution >= 4 is 11.9 Å². The number of aliphatic hydroxyl groups excluding tert-OH is 1. The normalized spacial score (nSPS) is 13.5. The van der Waals surface area contributed by atoms with Crippen LogP contribution in [0, 0.1) is 0 Å². The van der Waals surface area contributed by atoms with E-state index in [0.29, 0.717) is 0 Å². The Morgan fingerprint density at radius 3 is 2.28 bits per heavy atom. The van der Waals surface area contributed by atoms with Crippen molar-refractivity contribution in [2.45, 2.75) is 19.1 Å². The van der Waals surface area contributed by atoms with Gasteiger partial charge < -0.3 is 20.3 Å². The molecule has 1 aromatic carbocycles. The van der Waals surface area contributed by atoms with Crippen LogP contribution in [0.4, 0.5) is 0 Å². The van der Waals surface area contributed by atoms with E-state index in [4.69, 9.17) is 5.11 Å². The van der Waals surface area contributed by atoms with Crippen molar-refractivity contribution in [1.29, 1.82) is 0 Å². The Kier molecular flexibility index (Phi) is 4.67. The number of aromatic hydroxyl groups is 1. The van der Waals surface area contributed by atoms with E-state index in [9.17, 15) is 14.7 Å². The number of phenols is 1. The predicted octanol–water partition coefficient (Wildman–Crippen LogP) is 0.0444.